The van der Waals surface area contributed by atoms with Gasteiger partial charge in [0.05, 0.1) is 5.41 Å². The number of rotatable bonds is 1. The second kappa shape index (κ2) is 4.75. The van der Waals surface area contributed by atoms with Crippen LogP contribution in [0, 0.1) is 5.41 Å². The lowest BCUT2D eigenvalue weighted by atomic mass is 9.79. The van der Waals surface area contributed by atoms with Gasteiger partial charge in [-0.1, -0.05) is 0 Å². The van der Waals surface area contributed by atoms with E-state index in [9.17, 15) is 9.59 Å². The molecular formula is C15H22N2O2. The van der Waals surface area contributed by atoms with Crippen molar-refractivity contribution in [1.29, 1.82) is 0 Å². The summed E-state index contributed by atoms with van der Waals surface area (Å²) in [7, 11) is 0. The average Bonchev–Trinajstić information content (AvgIpc) is 2.77. The number of hydrogen-bond donors (Lipinski definition) is 1. The standard InChI is InChI=1S/C15H22N2O2/c1-11-12(3-4-13(11)18)17-10-7-15(14(17)19)5-2-8-16-9-6-15/h16H,2-10H2,1H3. The summed E-state index contributed by atoms with van der Waals surface area (Å²) in [4.78, 5) is 26.4. The van der Waals surface area contributed by atoms with Crippen LogP contribution in [0.3, 0.4) is 0 Å². The van der Waals surface area contributed by atoms with Crippen LogP contribution < -0.4 is 5.32 Å². The van der Waals surface area contributed by atoms with Crippen LogP contribution in [0.15, 0.2) is 11.3 Å². The van der Waals surface area contributed by atoms with Gasteiger partial charge in [-0.15, -0.1) is 0 Å². The molecule has 2 heterocycles. The fraction of sp³-hybridized carbons (Fsp3) is 0.733. The maximum absolute atomic E-state index is 12.8. The minimum Gasteiger partial charge on any atom is -0.317 e. The summed E-state index contributed by atoms with van der Waals surface area (Å²) in [5.74, 6) is 0.492. The quantitative estimate of drug-likeness (QED) is 0.781. The Kier molecular flexibility index (Phi) is 3.21. The first-order chi connectivity index (χ1) is 9.14. The first-order valence-electron chi connectivity index (χ1n) is 7.40. The van der Waals surface area contributed by atoms with Gasteiger partial charge in [0.25, 0.3) is 0 Å². The second-order valence-electron chi connectivity index (χ2n) is 6.09. The highest BCUT2D eigenvalue weighted by Crippen LogP contribution is 2.43. The summed E-state index contributed by atoms with van der Waals surface area (Å²) in [5.41, 5.74) is 1.67. The minimum absolute atomic E-state index is 0.150. The molecular weight excluding hydrogens is 240 g/mol. The summed E-state index contributed by atoms with van der Waals surface area (Å²) in [6, 6.07) is 0. The molecule has 0 bridgehead atoms. The van der Waals surface area contributed by atoms with E-state index in [0.717, 1.165) is 63.0 Å². The van der Waals surface area contributed by atoms with Crippen LogP contribution in [0.5, 0.6) is 0 Å². The summed E-state index contributed by atoms with van der Waals surface area (Å²) >= 11 is 0. The molecule has 0 saturated carbocycles. The smallest absolute Gasteiger partial charge is 0.233 e. The lowest BCUT2D eigenvalue weighted by Gasteiger charge is -2.26. The number of ketones is 1. The second-order valence-corrected chi connectivity index (χ2v) is 6.09. The molecule has 0 aromatic carbocycles. The minimum atomic E-state index is -0.150. The number of likely N-dealkylation sites (tertiary alicyclic amines) is 1. The molecule has 1 amide bonds. The van der Waals surface area contributed by atoms with Crippen molar-refractivity contribution < 1.29 is 9.59 Å². The number of carbonyl (C=O) groups excluding carboxylic acids is 2. The summed E-state index contributed by atoms with van der Waals surface area (Å²) < 4.78 is 0. The van der Waals surface area contributed by atoms with Crippen molar-refractivity contribution in [3.8, 4) is 0 Å². The zero-order chi connectivity index (χ0) is 13.5. The molecule has 2 fully saturated rings. The van der Waals surface area contributed by atoms with Gasteiger partial charge in [0.15, 0.2) is 5.78 Å². The molecule has 0 aromatic heterocycles. The SMILES string of the molecule is CC1=C(N2CCC3(CCCNCC3)C2=O)CCC1=O. The number of carbonyl (C=O) groups is 2. The van der Waals surface area contributed by atoms with Crippen molar-refractivity contribution in [2.24, 2.45) is 5.41 Å². The predicted molar refractivity (Wildman–Crippen MR) is 72.4 cm³/mol. The van der Waals surface area contributed by atoms with E-state index in [-0.39, 0.29) is 17.1 Å². The number of hydrogen-bond acceptors (Lipinski definition) is 3. The van der Waals surface area contributed by atoms with Gasteiger partial charge in [0, 0.05) is 24.2 Å². The van der Waals surface area contributed by atoms with Crippen LogP contribution >= 0.6 is 0 Å². The molecule has 3 rings (SSSR count). The molecule has 1 atom stereocenters. The van der Waals surface area contributed by atoms with E-state index in [1.165, 1.54) is 0 Å². The zero-order valence-corrected chi connectivity index (χ0v) is 11.6. The van der Waals surface area contributed by atoms with E-state index in [1.807, 2.05) is 11.8 Å². The Labute approximate surface area is 114 Å². The lowest BCUT2D eigenvalue weighted by molar-refractivity contribution is -0.135. The summed E-state index contributed by atoms with van der Waals surface area (Å²) in [5, 5.41) is 3.38. The van der Waals surface area contributed by atoms with Gasteiger partial charge in [0.2, 0.25) is 5.91 Å². The third-order valence-electron chi connectivity index (χ3n) is 5.07. The highest BCUT2D eigenvalue weighted by Gasteiger charge is 2.47. The molecule has 3 aliphatic rings. The Morgan fingerprint density at radius 2 is 1.95 bits per heavy atom. The maximum atomic E-state index is 12.8. The molecule has 2 aliphatic heterocycles. The predicted octanol–water partition coefficient (Wildman–Crippen LogP) is 1.62. The van der Waals surface area contributed by atoms with Crippen LogP contribution in [0.25, 0.3) is 0 Å². The van der Waals surface area contributed by atoms with Gasteiger partial charge in [-0.3, -0.25) is 9.59 Å². The highest BCUT2D eigenvalue weighted by atomic mass is 16.2. The molecule has 104 valence electrons. The number of nitrogens with one attached hydrogen (secondary N) is 1. The van der Waals surface area contributed by atoms with Gasteiger partial charge >= 0.3 is 0 Å². The van der Waals surface area contributed by atoms with E-state index in [1.54, 1.807) is 0 Å². The van der Waals surface area contributed by atoms with Crippen molar-refractivity contribution in [3.05, 3.63) is 11.3 Å². The fourth-order valence-electron chi connectivity index (χ4n) is 3.78. The number of nitrogens with zero attached hydrogens (tertiary/aromatic N) is 1. The largest absolute Gasteiger partial charge is 0.317 e. The molecule has 2 saturated heterocycles. The van der Waals surface area contributed by atoms with Crippen molar-refractivity contribution in [3.63, 3.8) is 0 Å². The van der Waals surface area contributed by atoms with E-state index < -0.39 is 0 Å². The van der Waals surface area contributed by atoms with Gasteiger partial charge in [-0.25, -0.2) is 0 Å². The number of Topliss-reactive ketones (excluding diaryl/α,β-unsaturated/α-hetero) is 1. The Morgan fingerprint density at radius 3 is 2.68 bits per heavy atom. The number of allylic oxidation sites excluding steroid dienone is 2. The monoisotopic (exact) mass is 262 g/mol. The van der Waals surface area contributed by atoms with Crippen molar-refractivity contribution in [2.75, 3.05) is 19.6 Å². The van der Waals surface area contributed by atoms with Crippen molar-refractivity contribution in [2.45, 2.75) is 45.4 Å². The van der Waals surface area contributed by atoms with Gasteiger partial charge in [-0.05, 0) is 52.1 Å². The van der Waals surface area contributed by atoms with Gasteiger partial charge in [-0.2, -0.15) is 0 Å². The summed E-state index contributed by atoms with van der Waals surface area (Å²) in [6.45, 7) is 4.64. The van der Waals surface area contributed by atoms with E-state index in [0.29, 0.717) is 6.42 Å². The molecule has 1 unspecified atom stereocenters. The highest BCUT2D eigenvalue weighted by molar-refractivity contribution is 5.99. The van der Waals surface area contributed by atoms with Gasteiger partial charge < -0.3 is 10.2 Å². The topological polar surface area (TPSA) is 49.4 Å². The van der Waals surface area contributed by atoms with Crippen molar-refractivity contribution in [1.82, 2.24) is 10.2 Å². The molecule has 1 aliphatic carbocycles. The lowest BCUT2D eigenvalue weighted by Crippen LogP contribution is -2.35. The molecule has 1 spiro atoms. The summed E-state index contributed by atoms with van der Waals surface area (Å²) in [6.07, 6.45) is 5.32. The molecule has 0 aromatic rings. The Balaban J connectivity index is 1.84. The molecule has 1 N–H and O–H groups in total. The average molecular weight is 262 g/mol. The first-order valence-corrected chi connectivity index (χ1v) is 7.40. The molecule has 0 radical (unpaired) electrons. The van der Waals surface area contributed by atoms with Crippen LogP contribution in [0.4, 0.5) is 0 Å². The van der Waals surface area contributed by atoms with E-state index in [4.69, 9.17) is 0 Å². The molecule has 4 nitrogen and oxygen atoms in total. The van der Waals surface area contributed by atoms with Crippen LogP contribution in [-0.2, 0) is 9.59 Å². The third kappa shape index (κ3) is 2.02. The maximum Gasteiger partial charge on any atom is 0.233 e. The zero-order valence-electron chi connectivity index (χ0n) is 11.6. The Hall–Kier alpha value is -1.16. The third-order valence-corrected chi connectivity index (χ3v) is 5.07. The van der Waals surface area contributed by atoms with Gasteiger partial charge in [0.1, 0.15) is 0 Å². The Morgan fingerprint density at radius 1 is 1.11 bits per heavy atom. The van der Waals surface area contributed by atoms with Crippen LogP contribution in [0.1, 0.15) is 45.4 Å². The first kappa shape index (κ1) is 12.9. The fourth-order valence-corrected chi connectivity index (χ4v) is 3.78. The van der Waals surface area contributed by atoms with Crippen LogP contribution in [0.2, 0.25) is 0 Å². The van der Waals surface area contributed by atoms with E-state index in [2.05, 4.69) is 5.32 Å². The van der Waals surface area contributed by atoms with Crippen LogP contribution in [-0.4, -0.2) is 36.2 Å². The van der Waals surface area contributed by atoms with Crippen molar-refractivity contribution >= 4 is 11.7 Å². The normalized spacial score (nSPS) is 32.6. The molecule has 4 heteroatoms. The number of amides is 1. The van der Waals surface area contributed by atoms with E-state index >= 15 is 0 Å². The Bertz CT molecular complexity index is 445. The molecule has 19 heavy (non-hydrogen) atoms.